The van der Waals surface area contributed by atoms with Gasteiger partial charge in [0, 0.05) is 32.6 Å². The van der Waals surface area contributed by atoms with E-state index in [1.165, 1.54) is 4.31 Å². The van der Waals surface area contributed by atoms with Crippen LogP contribution in [-0.2, 0) is 20.2 Å². The summed E-state index contributed by atoms with van der Waals surface area (Å²) in [4.78, 5) is 14.1. The van der Waals surface area contributed by atoms with Gasteiger partial charge in [-0.05, 0) is 36.1 Å². The number of carbonyl (C=O) groups excluding carboxylic acids is 1. The van der Waals surface area contributed by atoms with Crippen molar-refractivity contribution in [1.29, 1.82) is 0 Å². The Bertz CT molecular complexity index is 691. The second-order valence-corrected chi connectivity index (χ2v) is 9.39. The largest absolute Gasteiger partial charge is 0.340 e. The highest BCUT2D eigenvalue weighted by Gasteiger charge is 2.30. The van der Waals surface area contributed by atoms with Gasteiger partial charge in [-0.1, -0.05) is 32.9 Å². The van der Waals surface area contributed by atoms with Crippen molar-refractivity contribution in [2.45, 2.75) is 43.9 Å². The fourth-order valence-electron chi connectivity index (χ4n) is 2.87. The van der Waals surface area contributed by atoms with Gasteiger partial charge in [0.05, 0.1) is 4.90 Å². The molecule has 0 spiro atoms. The first-order valence-corrected chi connectivity index (χ1v) is 10.2. The highest BCUT2D eigenvalue weighted by Crippen LogP contribution is 2.25. The molecule has 1 saturated heterocycles. The van der Waals surface area contributed by atoms with E-state index in [0.29, 0.717) is 50.5 Å². The molecule has 0 atom stereocenters. The molecule has 148 valence electrons. The van der Waals surface area contributed by atoms with Gasteiger partial charge < -0.3 is 10.6 Å². The van der Waals surface area contributed by atoms with Crippen LogP contribution in [0.25, 0.3) is 0 Å². The number of halogens is 1. The minimum absolute atomic E-state index is 0. The summed E-state index contributed by atoms with van der Waals surface area (Å²) >= 11 is 0. The average Bonchev–Trinajstić information content (AvgIpc) is 2.59. The number of carbonyl (C=O) groups is 1. The van der Waals surface area contributed by atoms with Gasteiger partial charge in [0.1, 0.15) is 0 Å². The number of rotatable bonds is 5. The summed E-state index contributed by atoms with van der Waals surface area (Å²) in [5.74, 6) is 0.0528. The Morgan fingerprint density at radius 3 is 2.08 bits per heavy atom. The number of hydrogen-bond acceptors (Lipinski definition) is 4. The second kappa shape index (κ2) is 9.17. The van der Waals surface area contributed by atoms with Gasteiger partial charge in [-0.3, -0.25) is 4.79 Å². The van der Waals surface area contributed by atoms with Crippen molar-refractivity contribution in [2.24, 2.45) is 5.73 Å². The van der Waals surface area contributed by atoms with Gasteiger partial charge in [0.15, 0.2) is 0 Å². The van der Waals surface area contributed by atoms with Gasteiger partial charge in [-0.25, -0.2) is 8.42 Å². The van der Waals surface area contributed by atoms with E-state index in [1.54, 1.807) is 17.0 Å². The molecule has 2 N–H and O–H groups in total. The van der Waals surface area contributed by atoms with E-state index in [4.69, 9.17) is 5.73 Å². The van der Waals surface area contributed by atoms with E-state index in [1.807, 2.05) is 12.1 Å². The van der Waals surface area contributed by atoms with E-state index < -0.39 is 10.0 Å². The topological polar surface area (TPSA) is 83.7 Å². The lowest BCUT2D eigenvalue weighted by Gasteiger charge is -2.34. The van der Waals surface area contributed by atoms with E-state index in [9.17, 15) is 13.2 Å². The summed E-state index contributed by atoms with van der Waals surface area (Å²) in [5, 5.41) is 0. The summed E-state index contributed by atoms with van der Waals surface area (Å²) in [7, 11) is -3.51. The molecule has 2 rings (SSSR count). The summed E-state index contributed by atoms with van der Waals surface area (Å²) in [6.45, 7) is 8.30. The van der Waals surface area contributed by atoms with E-state index in [-0.39, 0.29) is 23.7 Å². The maximum absolute atomic E-state index is 12.8. The minimum atomic E-state index is -3.51. The molecule has 26 heavy (non-hydrogen) atoms. The maximum atomic E-state index is 12.8. The van der Waals surface area contributed by atoms with Gasteiger partial charge >= 0.3 is 0 Å². The molecule has 1 aromatic rings. The zero-order valence-electron chi connectivity index (χ0n) is 15.8. The van der Waals surface area contributed by atoms with Crippen molar-refractivity contribution in [2.75, 3.05) is 32.7 Å². The molecule has 0 saturated carbocycles. The molecule has 1 aromatic carbocycles. The van der Waals surface area contributed by atoms with Crippen LogP contribution < -0.4 is 5.73 Å². The van der Waals surface area contributed by atoms with Crippen molar-refractivity contribution < 1.29 is 13.2 Å². The molecule has 0 aromatic heterocycles. The molecule has 0 unspecified atom stereocenters. The SMILES string of the molecule is CC(C)(C)c1ccc(S(=O)(=O)N2CCN(C(=O)CCCN)CC2)cc1.Cl. The van der Waals surface area contributed by atoms with E-state index >= 15 is 0 Å². The molecule has 1 aliphatic heterocycles. The Hall–Kier alpha value is -1.15. The quantitative estimate of drug-likeness (QED) is 0.814. The summed E-state index contributed by atoms with van der Waals surface area (Å²) in [6, 6.07) is 7.10. The van der Waals surface area contributed by atoms with Crippen LogP contribution >= 0.6 is 12.4 Å². The Balaban J connectivity index is 0.00000338. The number of nitrogens with zero attached hydrogens (tertiary/aromatic N) is 2. The zero-order valence-corrected chi connectivity index (χ0v) is 17.4. The molecule has 6 nitrogen and oxygen atoms in total. The van der Waals surface area contributed by atoms with Crippen molar-refractivity contribution >= 4 is 28.3 Å². The van der Waals surface area contributed by atoms with E-state index in [2.05, 4.69) is 20.8 Å². The Morgan fingerprint density at radius 2 is 1.62 bits per heavy atom. The smallest absolute Gasteiger partial charge is 0.243 e. The number of nitrogens with two attached hydrogens (primary N) is 1. The van der Waals surface area contributed by atoms with Gasteiger partial charge in [-0.15, -0.1) is 12.4 Å². The Labute approximate surface area is 163 Å². The third kappa shape index (κ3) is 5.42. The van der Waals surface area contributed by atoms with Crippen molar-refractivity contribution in [3.8, 4) is 0 Å². The van der Waals surface area contributed by atoms with Crippen LogP contribution in [0.15, 0.2) is 29.2 Å². The number of hydrogen-bond donors (Lipinski definition) is 1. The molecule has 1 aliphatic rings. The molecule has 0 radical (unpaired) electrons. The van der Waals surface area contributed by atoms with Gasteiger partial charge in [0.25, 0.3) is 0 Å². The molecule has 0 aliphatic carbocycles. The van der Waals surface area contributed by atoms with Crippen molar-refractivity contribution in [3.63, 3.8) is 0 Å². The highest BCUT2D eigenvalue weighted by atomic mass is 35.5. The third-order valence-corrected chi connectivity index (χ3v) is 6.46. The highest BCUT2D eigenvalue weighted by molar-refractivity contribution is 7.89. The second-order valence-electron chi connectivity index (χ2n) is 7.45. The normalized spacial score (nSPS) is 16.2. The number of piperazine rings is 1. The number of benzene rings is 1. The van der Waals surface area contributed by atoms with Crippen LogP contribution in [0.2, 0.25) is 0 Å². The number of amides is 1. The van der Waals surface area contributed by atoms with Crippen molar-refractivity contribution in [1.82, 2.24) is 9.21 Å². The first-order valence-electron chi connectivity index (χ1n) is 8.75. The third-order valence-electron chi connectivity index (χ3n) is 4.54. The van der Waals surface area contributed by atoms with Crippen LogP contribution in [0, 0.1) is 0 Å². The van der Waals surface area contributed by atoms with Crippen LogP contribution in [0.3, 0.4) is 0 Å². The van der Waals surface area contributed by atoms with Gasteiger partial charge in [0.2, 0.25) is 15.9 Å². The Morgan fingerprint density at radius 1 is 1.08 bits per heavy atom. The van der Waals surface area contributed by atoms with Crippen LogP contribution in [0.5, 0.6) is 0 Å². The predicted molar refractivity (Wildman–Crippen MR) is 106 cm³/mol. The monoisotopic (exact) mass is 403 g/mol. The molecule has 1 heterocycles. The molecule has 8 heteroatoms. The predicted octanol–water partition coefficient (Wildman–Crippen LogP) is 1.98. The standard InChI is InChI=1S/C18H29N3O3S.ClH/c1-18(2,3)15-6-8-16(9-7-15)25(23,24)21-13-11-20(12-14-21)17(22)5-4-10-19;/h6-9H,4-5,10-14,19H2,1-3H3;1H. The first kappa shape index (κ1) is 22.9. The lowest BCUT2D eigenvalue weighted by Crippen LogP contribution is -2.50. The average molecular weight is 404 g/mol. The molecule has 1 fully saturated rings. The lowest BCUT2D eigenvalue weighted by molar-refractivity contribution is -0.132. The summed E-state index contributed by atoms with van der Waals surface area (Å²) in [5.41, 5.74) is 6.51. The zero-order chi connectivity index (χ0) is 18.7. The molecular formula is C18H30ClN3O3S. The van der Waals surface area contributed by atoms with Crippen molar-refractivity contribution in [3.05, 3.63) is 29.8 Å². The summed E-state index contributed by atoms with van der Waals surface area (Å²) in [6.07, 6.45) is 1.09. The van der Waals surface area contributed by atoms with Gasteiger partial charge in [-0.2, -0.15) is 4.31 Å². The minimum Gasteiger partial charge on any atom is -0.340 e. The number of sulfonamides is 1. The van der Waals surface area contributed by atoms with E-state index in [0.717, 1.165) is 5.56 Å². The molecular weight excluding hydrogens is 374 g/mol. The van der Waals surface area contributed by atoms with Crippen LogP contribution in [0.4, 0.5) is 0 Å². The maximum Gasteiger partial charge on any atom is 0.243 e. The summed E-state index contributed by atoms with van der Waals surface area (Å²) < 4.78 is 27.1. The molecule has 1 amide bonds. The lowest BCUT2D eigenvalue weighted by atomic mass is 9.87. The fourth-order valence-corrected chi connectivity index (χ4v) is 4.29. The Kier molecular flexibility index (Phi) is 8.07. The molecule has 0 bridgehead atoms. The first-order chi connectivity index (χ1) is 11.7. The van der Waals surface area contributed by atoms with Crippen LogP contribution in [-0.4, -0.2) is 56.3 Å². The van der Waals surface area contributed by atoms with Crippen LogP contribution in [0.1, 0.15) is 39.2 Å². The fraction of sp³-hybridized carbons (Fsp3) is 0.611.